The van der Waals surface area contributed by atoms with Gasteiger partial charge in [-0.1, -0.05) is 29.8 Å². The van der Waals surface area contributed by atoms with Crippen LogP contribution in [0.25, 0.3) is 0 Å². The Balaban J connectivity index is 2.46. The van der Waals surface area contributed by atoms with Crippen LogP contribution in [-0.2, 0) is 5.60 Å². The highest BCUT2D eigenvalue weighted by molar-refractivity contribution is 6.30. The van der Waals surface area contributed by atoms with Gasteiger partial charge in [0.25, 0.3) is 0 Å². The largest absolute Gasteiger partial charge is 0.381 e. The maximum absolute atomic E-state index is 13.2. The first-order chi connectivity index (χ1) is 8.41. The summed E-state index contributed by atoms with van der Waals surface area (Å²) in [5.41, 5.74) is -0.569. The highest BCUT2D eigenvalue weighted by atomic mass is 35.5. The maximum Gasteiger partial charge on any atom is 0.159 e. The van der Waals surface area contributed by atoms with Crippen molar-refractivity contribution >= 4 is 11.6 Å². The summed E-state index contributed by atoms with van der Waals surface area (Å²) < 4.78 is 26.1. The second-order valence-electron chi connectivity index (χ2n) is 4.21. The van der Waals surface area contributed by atoms with Crippen LogP contribution in [0.3, 0.4) is 0 Å². The van der Waals surface area contributed by atoms with E-state index in [1.165, 1.54) is 13.0 Å². The van der Waals surface area contributed by atoms with Gasteiger partial charge in [0.15, 0.2) is 11.6 Å². The SMILES string of the molecule is CC(O)(c1ccc(Cl)cc1)c1ccc(F)c(F)c1. The highest BCUT2D eigenvalue weighted by Crippen LogP contribution is 2.30. The van der Waals surface area contributed by atoms with Crippen LogP contribution in [0.5, 0.6) is 0 Å². The summed E-state index contributed by atoms with van der Waals surface area (Å²) in [5, 5.41) is 11.0. The Hall–Kier alpha value is -1.45. The van der Waals surface area contributed by atoms with Crippen molar-refractivity contribution in [3.05, 3.63) is 70.2 Å². The van der Waals surface area contributed by atoms with Crippen LogP contribution in [0, 0.1) is 11.6 Å². The number of hydrogen-bond acceptors (Lipinski definition) is 1. The third-order valence-electron chi connectivity index (χ3n) is 2.89. The van der Waals surface area contributed by atoms with Gasteiger partial charge in [-0.2, -0.15) is 0 Å². The molecule has 0 heterocycles. The Bertz CT molecular complexity index is 565. The molecule has 1 nitrogen and oxygen atoms in total. The van der Waals surface area contributed by atoms with Crippen LogP contribution in [-0.4, -0.2) is 5.11 Å². The Labute approximate surface area is 109 Å². The van der Waals surface area contributed by atoms with Gasteiger partial charge in [0, 0.05) is 5.02 Å². The van der Waals surface area contributed by atoms with E-state index in [2.05, 4.69) is 0 Å². The topological polar surface area (TPSA) is 20.2 Å². The lowest BCUT2D eigenvalue weighted by molar-refractivity contribution is 0.102. The molecule has 2 rings (SSSR count). The fourth-order valence-electron chi connectivity index (χ4n) is 1.74. The van der Waals surface area contributed by atoms with E-state index < -0.39 is 17.2 Å². The molecule has 2 aromatic rings. The van der Waals surface area contributed by atoms with Gasteiger partial charge in [-0.3, -0.25) is 0 Å². The number of halogens is 3. The zero-order chi connectivity index (χ0) is 13.3. The van der Waals surface area contributed by atoms with Gasteiger partial charge < -0.3 is 5.11 Å². The van der Waals surface area contributed by atoms with E-state index in [4.69, 9.17) is 11.6 Å². The molecule has 1 atom stereocenters. The minimum Gasteiger partial charge on any atom is -0.381 e. The van der Waals surface area contributed by atoms with Crippen LogP contribution in [0.1, 0.15) is 18.1 Å². The summed E-state index contributed by atoms with van der Waals surface area (Å²) in [6.45, 7) is 1.52. The summed E-state index contributed by atoms with van der Waals surface area (Å²) in [6, 6.07) is 9.88. The van der Waals surface area contributed by atoms with Crippen molar-refractivity contribution in [2.24, 2.45) is 0 Å². The van der Waals surface area contributed by atoms with Crippen molar-refractivity contribution in [1.29, 1.82) is 0 Å². The fraction of sp³-hybridized carbons (Fsp3) is 0.143. The number of hydrogen-bond donors (Lipinski definition) is 1. The predicted octanol–water partition coefficient (Wildman–Crippen LogP) is 3.87. The van der Waals surface area contributed by atoms with Gasteiger partial charge in [-0.25, -0.2) is 8.78 Å². The van der Waals surface area contributed by atoms with Crippen molar-refractivity contribution in [2.45, 2.75) is 12.5 Å². The molecular weight excluding hydrogens is 258 g/mol. The molecule has 0 aliphatic carbocycles. The van der Waals surface area contributed by atoms with Gasteiger partial charge in [-0.05, 0) is 42.3 Å². The third kappa shape index (κ3) is 2.37. The van der Waals surface area contributed by atoms with Crippen molar-refractivity contribution in [3.63, 3.8) is 0 Å². The Morgan fingerprint density at radius 1 is 0.944 bits per heavy atom. The standard InChI is InChI=1S/C14H11ClF2O/c1-14(18,9-2-5-11(15)6-3-9)10-4-7-12(16)13(17)8-10/h2-8,18H,1H3. The lowest BCUT2D eigenvalue weighted by Gasteiger charge is -2.24. The van der Waals surface area contributed by atoms with Crippen molar-refractivity contribution in [2.75, 3.05) is 0 Å². The van der Waals surface area contributed by atoms with E-state index in [0.29, 0.717) is 10.6 Å². The predicted molar refractivity (Wildman–Crippen MR) is 66.5 cm³/mol. The van der Waals surface area contributed by atoms with Crippen LogP contribution < -0.4 is 0 Å². The molecule has 0 spiro atoms. The first kappa shape index (κ1) is 13.0. The molecule has 0 saturated heterocycles. The molecule has 0 aliphatic heterocycles. The average molecular weight is 269 g/mol. The van der Waals surface area contributed by atoms with E-state index in [0.717, 1.165) is 12.1 Å². The third-order valence-corrected chi connectivity index (χ3v) is 3.14. The van der Waals surface area contributed by atoms with E-state index in [1.807, 2.05) is 0 Å². The summed E-state index contributed by atoms with van der Waals surface area (Å²) in [7, 11) is 0. The normalized spacial score (nSPS) is 14.3. The minimum absolute atomic E-state index is 0.281. The van der Waals surface area contributed by atoms with Gasteiger partial charge >= 0.3 is 0 Å². The Morgan fingerprint density at radius 2 is 1.50 bits per heavy atom. The van der Waals surface area contributed by atoms with Gasteiger partial charge in [0.2, 0.25) is 0 Å². The molecule has 94 valence electrons. The zero-order valence-corrected chi connectivity index (χ0v) is 10.4. The molecule has 0 amide bonds. The molecular formula is C14H11ClF2O. The van der Waals surface area contributed by atoms with Crippen molar-refractivity contribution < 1.29 is 13.9 Å². The first-order valence-electron chi connectivity index (χ1n) is 5.35. The van der Waals surface area contributed by atoms with Crippen LogP contribution in [0.15, 0.2) is 42.5 Å². The first-order valence-corrected chi connectivity index (χ1v) is 5.73. The smallest absolute Gasteiger partial charge is 0.159 e. The number of rotatable bonds is 2. The molecule has 0 bridgehead atoms. The molecule has 1 N–H and O–H groups in total. The van der Waals surface area contributed by atoms with Crippen LogP contribution in [0.4, 0.5) is 8.78 Å². The Morgan fingerprint density at radius 3 is 2.06 bits per heavy atom. The maximum atomic E-state index is 13.2. The van der Waals surface area contributed by atoms with E-state index >= 15 is 0 Å². The molecule has 1 unspecified atom stereocenters. The van der Waals surface area contributed by atoms with Gasteiger partial charge in [-0.15, -0.1) is 0 Å². The molecule has 0 fully saturated rings. The number of aliphatic hydroxyl groups is 1. The van der Waals surface area contributed by atoms with Crippen LogP contribution >= 0.6 is 11.6 Å². The average Bonchev–Trinajstić information content (AvgIpc) is 2.33. The molecule has 18 heavy (non-hydrogen) atoms. The summed E-state index contributed by atoms with van der Waals surface area (Å²) in [6.07, 6.45) is 0. The lowest BCUT2D eigenvalue weighted by atomic mass is 9.88. The second kappa shape index (κ2) is 4.67. The summed E-state index contributed by atoms with van der Waals surface area (Å²) in [5.74, 6) is -1.92. The minimum atomic E-state index is -1.40. The van der Waals surface area contributed by atoms with E-state index in [9.17, 15) is 13.9 Å². The van der Waals surface area contributed by atoms with Crippen molar-refractivity contribution in [3.8, 4) is 0 Å². The zero-order valence-electron chi connectivity index (χ0n) is 9.62. The van der Waals surface area contributed by atoms with Gasteiger partial charge in [0.05, 0.1) is 0 Å². The molecule has 2 aromatic carbocycles. The Kier molecular flexibility index (Phi) is 3.37. The van der Waals surface area contributed by atoms with E-state index in [-0.39, 0.29) is 5.56 Å². The monoisotopic (exact) mass is 268 g/mol. The lowest BCUT2D eigenvalue weighted by Crippen LogP contribution is -2.23. The van der Waals surface area contributed by atoms with Crippen LogP contribution in [0.2, 0.25) is 5.02 Å². The summed E-state index contributed by atoms with van der Waals surface area (Å²) >= 11 is 5.76. The number of benzene rings is 2. The molecule has 0 saturated carbocycles. The van der Waals surface area contributed by atoms with Crippen molar-refractivity contribution in [1.82, 2.24) is 0 Å². The molecule has 0 aromatic heterocycles. The fourth-order valence-corrected chi connectivity index (χ4v) is 1.87. The molecule has 0 radical (unpaired) electrons. The molecule has 4 heteroatoms. The highest BCUT2D eigenvalue weighted by Gasteiger charge is 2.26. The summed E-state index contributed by atoms with van der Waals surface area (Å²) in [4.78, 5) is 0. The van der Waals surface area contributed by atoms with Gasteiger partial charge in [0.1, 0.15) is 5.60 Å². The molecule has 0 aliphatic rings. The quantitative estimate of drug-likeness (QED) is 0.876. The second-order valence-corrected chi connectivity index (χ2v) is 4.64. The van der Waals surface area contributed by atoms with E-state index in [1.54, 1.807) is 24.3 Å².